The van der Waals surface area contributed by atoms with E-state index < -0.39 is 6.10 Å². The predicted octanol–water partition coefficient (Wildman–Crippen LogP) is 4.28. The van der Waals surface area contributed by atoms with E-state index in [9.17, 15) is 4.79 Å². The number of rotatable bonds is 12. The van der Waals surface area contributed by atoms with Crippen molar-refractivity contribution in [1.29, 1.82) is 0 Å². The number of pyridine rings is 1. The minimum absolute atomic E-state index is 0.00556. The highest BCUT2D eigenvalue weighted by molar-refractivity contribution is 6.30. The fourth-order valence-electron chi connectivity index (χ4n) is 3.54. The third-order valence-corrected chi connectivity index (χ3v) is 5.40. The van der Waals surface area contributed by atoms with Crippen LogP contribution in [-0.4, -0.2) is 72.4 Å². The zero-order chi connectivity index (χ0) is 25.3. The van der Waals surface area contributed by atoms with Crippen LogP contribution in [0.5, 0.6) is 0 Å². The molecule has 2 rings (SSSR count). The number of halogens is 1. The number of carbonyl (C=O) groups is 1. The van der Waals surface area contributed by atoms with Gasteiger partial charge in [0.15, 0.2) is 0 Å². The van der Waals surface area contributed by atoms with Crippen molar-refractivity contribution in [3.8, 4) is 12.8 Å². The Morgan fingerprint density at radius 2 is 2.18 bits per heavy atom. The Labute approximate surface area is 209 Å². The summed E-state index contributed by atoms with van der Waals surface area (Å²) >= 11 is 6.20. The molecule has 1 aromatic heterocycles. The second-order valence-corrected chi connectivity index (χ2v) is 8.27. The molecule has 1 aliphatic heterocycles. The van der Waals surface area contributed by atoms with Crippen molar-refractivity contribution in [2.75, 3.05) is 39.5 Å². The third-order valence-electron chi connectivity index (χ3n) is 5.06. The maximum atomic E-state index is 13.3. The first-order valence-corrected chi connectivity index (χ1v) is 11.9. The smallest absolute Gasteiger partial charge is 0.257 e. The zero-order valence-corrected chi connectivity index (χ0v) is 21.5. The number of amides is 1. The lowest BCUT2D eigenvalue weighted by atomic mass is 10.1. The summed E-state index contributed by atoms with van der Waals surface area (Å²) in [7, 11) is 0. The molecule has 0 aliphatic carbocycles. The van der Waals surface area contributed by atoms with Gasteiger partial charge in [-0.1, -0.05) is 17.7 Å². The maximum Gasteiger partial charge on any atom is 0.257 e. The minimum Gasteiger partial charge on any atom is -0.501 e. The number of carbonyl (C=O) groups excluding carboxylic acids is 1. The molecule has 1 aliphatic rings. The van der Waals surface area contributed by atoms with E-state index in [4.69, 9.17) is 25.8 Å². The van der Waals surface area contributed by atoms with Crippen LogP contribution in [0.3, 0.4) is 0 Å². The number of terminal acetylenes is 1. The monoisotopic (exact) mass is 491 g/mol. The average molecular weight is 492 g/mol. The first-order valence-electron chi connectivity index (χ1n) is 11.6. The summed E-state index contributed by atoms with van der Waals surface area (Å²) in [4.78, 5) is 21.4. The molecule has 0 aromatic carbocycles. The van der Waals surface area contributed by atoms with Crippen LogP contribution in [-0.2, 0) is 25.5 Å². The lowest BCUT2D eigenvalue weighted by Gasteiger charge is -2.36. The number of hydrogen-bond acceptors (Lipinski definition) is 6. The van der Waals surface area contributed by atoms with Gasteiger partial charge in [0.05, 0.1) is 19.5 Å². The fraction of sp³-hybridized carbons (Fsp3) is 0.538. The van der Waals surface area contributed by atoms with Crippen LogP contribution in [0, 0.1) is 12.8 Å². The van der Waals surface area contributed by atoms with E-state index in [0.29, 0.717) is 38.1 Å². The number of allylic oxidation sites excluding steroid dienone is 3. The zero-order valence-electron chi connectivity index (χ0n) is 20.8. The molecule has 0 bridgehead atoms. The van der Waals surface area contributed by atoms with Gasteiger partial charge in [0, 0.05) is 62.8 Å². The number of nitrogens with zero attached hydrogens (tertiary/aromatic N) is 3. The van der Waals surface area contributed by atoms with Crippen molar-refractivity contribution < 1.29 is 19.0 Å². The predicted molar refractivity (Wildman–Crippen MR) is 136 cm³/mol. The van der Waals surface area contributed by atoms with Crippen LogP contribution < -0.4 is 0 Å². The van der Waals surface area contributed by atoms with Gasteiger partial charge >= 0.3 is 0 Å². The second kappa shape index (κ2) is 17.1. The summed E-state index contributed by atoms with van der Waals surface area (Å²) in [5.41, 5.74) is 1.79. The van der Waals surface area contributed by atoms with E-state index in [-0.39, 0.29) is 11.9 Å². The molecule has 0 saturated carbocycles. The van der Waals surface area contributed by atoms with Crippen molar-refractivity contribution in [2.45, 2.75) is 52.8 Å². The molecule has 1 saturated heterocycles. The van der Waals surface area contributed by atoms with Crippen molar-refractivity contribution in [3.63, 3.8) is 0 Å². The molecule has 2 heterocycles. The second-order valence-electron chi connectivity index (χ2n) is 7.91. The van der Waals surface area contributed by atoms with Gasteiger partial charge in [-0.25, -0.2) is 4.98 Å². The molecule has 1 unspecified atom stereocenters. The van der Waals surface area contributed by atoms with Gasteiger partial charge < -0.3 is 19.1 Å². The van der Waals surface area contributed by atoms with E-state index in [0.717, 1.165) is 30.8 Å². The van der Waals surface area contributed by atoms with Crippen molar-refractivity contribution in [2.24, 2.45) is 0 Å². The molecule has 34 heavy (non-hydrogen) atoms. The SMILES string of the molecule is C#C.CCOCCCO/C=C/C=C(\C)N(C(=O)C1CN(Cc2cccnc2Cl)CCO1)C(C)C. The Morgan fingerprint density at radius 3 is 2.85 bits per heavy atom. The summed E-state index contributed by atoms with van der Waals surface area (Å²) in [6, 6.07) is 3.83. The summed E-state index contributed by atoms with van der Waals surface area (Å²) in [5.74, 6) is -0.0400. The highest BCUT2D eigenvalue weighted by Crippen LogP contribution is 2.19. The molecule has 0 spiro atoms. The summed E-state index contributed by atoms with van der Waals surface area (Å²) in [5, 5.41) is 0.497. The van der Waals surface area contributed by atoms with Crippen LogP contribution >= 0.6 is 11.6 Å². The van der Waals surface area contributed by atoms with E-state index in [1.807, 2.05) is 52.0 Å². The van der Waals surface area contributed by atoms with Gasteiger partial charge in [0.1, 0.15) is 11.3 Å². The lowest BCUT2D eigenvalue weighted by molar-refractivity contribution is -0.149. The van der Waals surface area contributed by atoms with E-state index in [1.165, 1.54) is 0 Å². The Morgan fingerprint density at radius 1 is 1.41 bits per heavy atom. The van der Waals surface area contributed by atoms with Crippen molar-refractivity contribution in [3.05, 3.63) is 53.2 Å². The number of morpholine rings is 1. The maximum absolute atomic E-state index is 13.3. The standard InChI is InChI=1S/C24H36ClN3O4.C2H2/c1-5-30-14-8-15-31-13-7-9-20(4)28(19(2)3)24(29)22-18-27(12-16-32-22)17-21-10-6-11-26-23(21)25;1-2/h6-7,9-11,13,19,22H,5,8,12,14-18H2,1-4H3;1-2H/b13-7+,20-9+;. The molecule has 188 valence electrons. The van der Waals surface area contributed by atoms with Crippen LogP contribution in [0.15, 0.2) is 42.4 Å². The quantitative estimate of drug-likeness (QED) is 0.143. The molecular weight excluding hydrogens is 454 g/mol. The topological polar surface area (TPSA) is 64.1 Å². The van der Waals surface area contributed by atoms with Gasteiger partial charge in [-0.05, 0) is 45.9 Å². The van der Waals surface area contributed by atoms with E-state index in [1.54, 1.807) is 17.4 Å². The Balaban J connectivity index is 0.00000281. The molecule has 0 N–H and O–H groups in total. The number of ether oxygens (including phenoxy) is 3. The fourth-order valence-corrected chi connectivity index (χ4v) is 3.71. The van der Waals surface area contributed by atoms with E-state index >= 15 is 0 Å². The Kier molecular flexibility index (Phi) is 14.9. The third kappa shape index (κ3) is 10.3. The lowest BCUT2D eigenvalue weighted by Crippen LogP contribution is -2.51. The first-order chi connectivity index (χ1) is 16.4. The first kappa shape index (κ1) is 29.7. The van der Waals surface area contributed by atoms with Crippen molar-refractivity contribution >= 4 is 17.5 Å². The molecular formula is C26H38ClN3O4. The minimum atomic E-state index is -0.524. The van der Waals surface area contributed by atoms with Crippen LogP contribution in [0.1, 0.15) is 39.7 Å². The van der Waals surface area contributed by atoms with Crippen LogP contribution in [0.25, 0.3) is 0 Å². The number of aromatic nitrogens is 1. The molecule has 1 atom stereocenters. The normalized spacial score (nSPS) is 16.8. The van der Waals surface area contributed by atoms with Gasteiger partial charge in [-0.3, -0.25) is 9.69 Å². The summed E-state index contributed by atoms with van der Waals surface area (Å²) < 4.78 is 16.6. The average Bonchev–Trinajstić information content (AvgIpc) is 2.83. The van der Waals surface area contributed by atoms with Crippen LogP contribution in [0.4, 0.5) is 0 Å². The van der Waals surface area contributed by atoms with Crippen molar-refractivity contribution in [1.82, 2.24) is 14.8 Å². The molecule has 8 heteroatoms. The van der Waals surface area contributed by atoms with Crippen LogP contribution in [0.2, 0.25) is 5.15 Å². The molecule has 1 amide bonds. The molecule has 0 radical (unpaired) electrons. The number of hydrogen-bond donors (Lipinski definition) is 0. The van der Waals surface area contributed by atoms with Gasteiger partial charge in [0.2, 0.25) is 0 Å². The van der Waals surface area contributed by atoms with Gasteiger partial charge in [0.25, 0.3) is 5.91 Å². The highest BCUT2D eigenvalue weighted by Gasteiger charge is 2.32. The van der Waals surface area contributed by atoms with E-state index in [2.05, 4.69) is 22.7 Å². The largest absolute Gasteiger partial charge is 0.501 e. The Hall–Kier alpha value is -2.37. The van der Waals surface area contributed by atoms with Gasteiger partial charge in [-0.2, -0.15) is 0 Å². The Bertz CT molecular complexity index is 810. The molecule has 7 nitrogen and oxygen atoms in total. The molecule has 1 fully saturated rings. The summed E-state index contributed by atoms with van der Waals surface area (Å²) in [6.45, 7) is 12.3. The highest BCUT2D eigenvalue weighted by atomic mass is 35.5. The molecule has 1 aromatic rings. The van der Waals surface area contributed by atoms with Gasteiger partial charge in [-0.15, -0.1) is 12.8 Å². The summed E-state index contributed by atoms with van der Waals surface area (Å²) in [6.07, 6.45) is 15.3.